The van der Waals surface area contributed by atoms with Crippen LogP contribution in [-0.4, -0.2) is 35.0 Å². The predicted molar refractivity (Wildman–Crippen MR) is 87.3 cm³/mol. The molecule has 1 aromatic carbocycles. The second kappa shape index (κ2) is 6.81. The summed E-state index contributed by atoms with van der Waals surface area (Å²) in [5.41, 5.74) is 0.173. The summed E-state index contributed by atoms with van der Waals surface area (Å²) in [5.74, 6) is -2.08. The fraction of sp³-hybridized carbons (Fsp3) is 0.471. The highest BCUT2D eigenvalue weighted by Gasteiger charge is 2.28. The van der Waals surface area contributed by atoms with Gasteiger partial charge in [0.1, 0.15) is 5.54 Å². The molecule has 1 aromatic rings. The third kappa shape index (κ3) is 5.39. The van der Waals surface area contributed by atoms with Crippen molar-refractivity contribution in [2.45, 2.75) is 45.6 Å². The van der Waals surface area contributed by atoms with Crippen molar-refractivity contribution in [3.8, 4) is 0 Å². The minimum absolute atomic E-state index is 0.00267. The van der Waals surface area contributed by atoms with E-state index >= 15 is 0 Å². The summed E-state index contributed by atoms with van der Waals surface area (Å²) in [6.45, 7) is 8.71. The van der Waals surface area contributed by atoms with Crippen LogP contribution in [0.2, 0.25) is 0 Å². The topological polar surface area (TPSA) is 95.5 Å². The van der Waals surface area contributed by atoms with Crippen LogP contribution in [0.1, 0.15) is 50.5 Å². The van der Waals surface area contributed by atoms with E-state index in [1.807, 2.05) is 12.1 Å². The van der Waals surface area contributed by atoms with Crippen LogP contribution in [-0.2, 0) is 15.0 Å². The molecule has 0 aromatic heterocycles. The molecule has 23 heavy (non-hydrogen) atoms. The van der Waals surface area contributed by atoms with Gasteiger partial charge in [0.25, 0.3) is 5.91 Å². The molecule has 0 unspecified atom stereocenters. The van der Waals surface area contributed by atoms with Gasteiger partial charge in [-0.1, -0.05) is 32.9 Å². The zero-order valence-electron chi connectivity index (χ0n) is 14.2. The summed E-state index contributed by atoms with van der Waals surface area (Å²) >= 11 is 0. The van der Waals surface area contributed by atoms with Gasteiger partial charge in [-0.3, -0.25) is 9.59 Å². The SMILES string of the molecule is CC(C)(NC(=O)CNC(=O)c1ccc(C(C)(C)C)cc1)C(=O)O. The van der Waals surface area contributed by atoms with Gasteiger partial charge in [0.15, 0.2) is 0 Å². The van der Waals surface area contributed by atoms with E-state index in [-0.39, 0.29) is 17.9 Å². The molecule has 0 fully saturated rings. The molecule has 0 saturated carbocycles. The van der Waals surface area contributed by atoms with Gasteiger partial charge in [-0.25, -0.2) is 4.79 Å². The molecule has 0 saturated heterocycles. The first-order valence-corrected chi connectivity index (χ1v) is 7.36. The number of amides is 2. The van der Waals surface area contributed by atoms with Crippen molar-refractivity contribution in [3.63, 3.8) is 0 Å². The number of aliphatic carboxylic acids is 1. The Morgan fingerprint density at radius 3 is 1.96 bits per heavy atom. The normalized spacial score (nSPS) is 11.7. The zero-order valence-corrected chi connectivity index (χ0v) is 14.2. The van der Waals surface area contributed by atoms with Gasteiger partial charge >= 0.3 is 5.97 Å². The summed E-state index contributed by atoms with van der Waals surface area (Å²) in [6, 6.07) is 7.16. The van der Waals surface area contributed by atoms with Crippen molar-refractivity contribution in [2.24, 2.45) is 0 Å². The number of nitrogens with one attached hydrogen (secondary N) is 2. The van der Waals surface area contributed by atoms with Crippen molar-refractivity contribution in [1.29, 1.82) is 0 Å². The highest BCUT2D eigenvalue weighted by atomic mass is 16.4. The molecule has 0 bridgehead atoms. The fourth-order valence-electron chi connectivity index (χ4n) is 1.83. The summed E-state index contributed by atoms with van der Waals surface area (Å²) in [6.07, 6.45) is 0. The number of hydrogen-bond donors (Lipinski definition) is 3. The Morgan fingerprint density at radius 1 is 1.00 bits per heavy atom. The molecule has 6 nitrogen and oxygen atoms in total. The fourth-order valence-corrected chi connectivity index (χ4v) is 1.83. The van der Waals surface area contributed by atoms with Crippen molar-refractivity contribution < 1.29 is 19.5 Å². The second-order valence-electron chi connectivity index (χ2n) is 6.99. The highest BCUT2D eigenvalue weighted by molar-refractivity contribution is 5.97. The lowest BCUT2D eigenvalue weighted by atomic mass is 9.87. The molecule has 126 valence electrons. The first-order valence-electron chi connectivity index (χ1n) is 7.36. The van der Waals surface area contributed by atoms with E-state index in [9.17, 15) is 14.4 Å². The van der Waals surface area contributed by atoms with E-state index in [0.717, 1.165) is 5.56 Å². The summed E-state index contributed by atoms with van der Waals surface area (Å²) in [5, 5.41) is 13.7. The molecule has 0 aliphatic carbocycles. The Balaban J connectivity index is 2.60. The smallest absolute Gasteiger partial charge is 0.328 e. The summed E-state index contributed by atoms with van der Waals surface area (Å²) < 4.78 is 0. The molecular formula is C17H24N2O4. The van der Waals surface area contributed by atoms with Gasteiger partial charge in [-0.05, 0) is 37.0 Å². The van der Waals surface area contributed by atoms with Crippen molar-refractivity contribution in [2.75, 3.05) is 6.54 Å². The van der Waals surface area contributed by atoms with Gasteiger partial charge in [0.05, 0.1) is 6.54 Å². The van der Waals surface area contributed by atoms with Crippen molar-refractivity contribution >= 4 is 17.8 Å². The van der Waals surface area contributed by atoms with Crippen LogP contribution < -0.4 is 10.6 Å². The molecule has 6 heteroatoms. The molecule has 0 atom stereocenters. The summed E-state index contributed by atoms with van der Waals surface area (Å²) in [4.78, 5) is 34.6. The molecule has 0 heterocycles. The van der Waals surface area contributed by atoms with Gasteiger partial charge in [0.2, 0.25) is 5.91 Å². The Labute approximate surface area is 136 Å². The quantitative estimate of drug-likeness (QED) is 0.769. The third-order valence-corrected chi connectivity index (χ3v) is 3.41. The van der Waals surface area contributed by atoms with Crippen LogP contribution in [0.5, 0.6) is 0 Å². The van der Waals surface area contributed by atoms with Crippen LogP contribution >= 0.6 is 0 Å². The maximum atomic E-state index is 12.0. The monoisotopic (exact) mass is 320 g/mol. The van der Waals surface area contributed by atoms with E-state index < -0.39 is 17.4 Å². The minimum atomic E-state index is -1.38. The van der Waals surface area contributed by atoms with E-state index in [0.29, 0.717) is 5.56 Å². The number of carbonyl (C=O) groups is 3. The molecule has 3 N–H and O–H groups in total. The zero-order chi connectivity index (χ0) is 17.8. The Hall–Kier alpha value is -2.37. The molecule has 0 aliphatic heterocycles. The lowest BCUT2D eigenvalue weighted by Gasteiger charge is -2.21. The van der Waals surface area contributed by atoms with Gasteiger partial charge in [0, 0.05) is 5.56 Å². The largest absolute Gasteiger partial charge is 0.480 e. The lowest BCUT2D eigenvalue weighted by Crippen LogP contribution is -2.52. The maximum absolute atomic E-state index is 12.0. The molecule has 1 rings (SSSR count). The minimum Gasteiger partial charge on any atom is -0.480 e. The summed E-state index contributed by atoms with van der Waals surface area (Å²) in [7, 11) is 0. The molecule has 2 amide bonds. The molecule has 0 spiro atoms. The van der Waals surface area contributed by atoms with Crippen molar-refractivity contribution in [3.05, 3.63) is 35.4 Å². The van der Waals surface area contributed by atoms with Crippen LogP contribution in [0.3, 0.4) is 0 Å². The first kappa shape index (κ1) is 18.7. The van der Waals surface area contributed by atoms with Crippen molar-refractivity contribution in [1.82, 2.24) is 10.6 Å². The average molecular weight is 320 g/mol. The number of carbonyl (C=O) groups excluding carboxylic acids is 2. The first-order chi connectivity index (χ1) is 10.4. The Morgan fingerprint density at radius 2 is 1.52 bits per heavy atom. The third-order valence-electron chi connectivity index (χ3n) is 3.41. The number of hydrogen-bond acceptors (Lipinski definition) is 3. The van der Waals surface area contributed by atoms with Crippen LogP contribution in [0.25, 0.3) is 0 Å². The van der Waals surface area contributed by atoms with Crippen LogP contribution in [0.4, 0.5) is 0 Å². The van der Waals surface area contributed by atoms with Gasteiger partial charge in [-0.15, -0.1) is 0 Å². The average Bonchev–Trinajstić information content (AvgIpc) is 2.43. The molecule has 0 aliphatic rings. The molecular weight excluding hydrogens is 296 g/mol. The highest BCUT2D eigenvalue weighted by Crippen LogP contribution is 2.22. The maximum Gasteiger partial charge on any atom is 0.328 e. The standard InChI is InChI=1S/C17H24N2O4/c1-16(2,3)12-8-6-11(7-9-12)14(21)18-10-13(20)19-17(4,5)15(22)23/h6-9H,10H2,1-5H3,(H,18,21)(H,19,20)(H,22,23). The van der Waals surface area contributed by atoms with Crippen LogP contribution in [0.15, 0.2) is 24.3 Å². The Kier molecular flexibility index (Phi) is 5.53. The van der Waals surface area contributed by atoms with E-state index in [1.165, 1.54) is 13.8 Å². The van der Waals surface area contributed by atoms with Gasteiger partial charge in [-0.2, -0.15) is 0 Å². The second-order valence-corrected chi connectivity index (χ2v) is 6.99. The number of carboxylic acid groups (broad SMARTS) is 1. The lowest BCUT2D eigenvalue weighted by molar-refractivity contribution is -0.145. The van der Waals surface area contributed by atoms with Crippen LogP contribution in [0, 0.1) is 0 Å². The number of carboxylic acids is 1. The molecule has 0 radical (unpaired) electrons. The number of rotatable bonds is 5. The van der Waals surface area contributed by atoms with Gasteiger partial charge < -0.3 is 15.7 Å². The predicted octanol–water partition coefficient (Wildman–Crippen LogP) is 1.69. The van der Waals surface area contributed by atoms with E-state index in [4.69, 9.17) is 5.11 Å². The van der Waals surface area contributed by atoms with E-state index in [2.05, 4.69) is 31.4 Å². The Bertz CT molecular complexity index is 598. The van der Waals surface area contributed by atoms with E-state index in [1.54, 1.807) is 12.1 Å². The number of benzene rings is 1.